The van der Waals surface area contributed by atoms with Crippen LogP contribution in [-0.2, 0) is 12.7 Å². The van der Waals surface area contributed by atoms with Gasteiger partial charge in [0, 0.05) is 11.9 Å². The highest BCUT2D eigenvalue weighted by atomic mass is 32.1. The van der Waals surface area contributed by atoms with Crippen LogP contribution in [0.15, 0.2) is 29.8 Å². The quantitative estimate of drug-likeness (QED) is 0.432. The van der Waals surface area contributed by atoms with Crippen molar-refractivity contribution in [3.05, 3.63) is 56.8 Å². The third-order valence-corrected chi connectivity index (χ3v) is 3.99. The van der Waals surface area contributed by atoms with Crippen molar-refractivity contribution in [2.75, 3.05) is 5.32 Å². The lowest BCUT2D eigenvalue weighted by molar-refractivity contribution is -0.389. The van der Waals surface area contributed by atoms with E-state index in [2.05, 4.69) is 10.3 Å². The van der Waals surface area contributed by atoms with Crippen molar-refractivity contribution in [1.29, 1.82) is 0 Å². The Hall–Kier alpha value is -2.69. The van der Waals surface area contributed by atoms with Gasteiger partial charge in [0.2, 0.25) is 5.82 Å². The van der Waals surface area contributed by atoms with Crippen molar-refractivity contribution >= 4 is 27.9 Å². The first-order valence-corrected chi connectivity index (χ1v) is 7.35. The molecule has 24 heavy (non-hydrogen) atoms. The maximum absolute atomic E-state index is 13.1. The van der Waals surface area contributed by atoms with Gasteiger partial charge in [0.25, 0.3) is 4.96 Å². The Labute approximate surface area is 135 Å². The van der Waals surface area contributed by atoms with Crippen LogP contribution in [0.1, 0.15) is 11.1 Å². The second-order valence-electron chi connectivity index (χ2n) is 4.75. The van der Waals surface area contributed by atoms with Gasteiger partial charge in [0.1, 0.15) is 12.0 Å². The number of rotatable bonds is 4. The molecule has 0 aliphatic rings. The Bertz CT molecular complexity index is 918. The summed E-state index contributed by atoms with van der Waals surface area (Å²) in [7, 11) is 0. The topological polar surface area (TPSA) is 72.5 Å². The molecule has 0 saturated carbocycles. The van der Waals surface area contributed by atoms with E-state index in [1.807, 2.05) is 0 Å². The van der Waals surface area contributed by atoms with Crippen LogP contribution in [0.3, 0.4) is 0 Å². The van der Waals surface area contributed by atoms with E-state index < -0.39 is 22.5 Å². The number of hydrogen-bond acceptors (Lipinski definition) is 5. The molecule has 0 atom stereocenters. The first-order valence-electron chi connectivity index (χ1n) is 6.47. The van der Waals surface area contributed by atoms with E-state index in [9.17, 15) is 27.7 Å². The molecule has 0 saturated heterocycles. The Morgan fingerprint density at radius 1 is 1.38 bits per heavy atom. The molecule has 0 spiro atoms. The summed E-state index contributed by atoms with van der Waals surface area (Å²) in [5.74, 6) is -1.54. The number of aromatic nitrogens is 2. The highest BCUT2D eigenvalue weighted by molar-refractivity contribution is 7.15. The van der Waals surface area contributed by atoms with E-state index in [-0.39, 0.29) is 23.7 Å². The number of anilines is 1. The van der Waals surface area contributed by atoms with Crippen molar-refractivity contribution in [1.82, 2.24) is 9.38 Å². The summed E-state index contributed by atoms with van der Waals surface area (Å²) in [6.07, 6.45) is -3.30. The molecule has 0 unspecified atom stereocenters. The van der Waals surface area contributed by atoms with Crippen molar-refractivity contribution in [2.24, 2.45) is 0 Å². The molecular weight excluding hydrogens is 352 g/mol. The molecule has 0 amide bonds. The predicted molar refractivity (Wildman–Crippen MR) is 78.5 cm³/mol. The molecular formula is C13H8F4N4O2S. The third-order valence-electron chi connectivity index (χ3n) is 3.23. The second kappa shape index (κ2) is 5.74. The predicted octanol–water partition coefficient (Wildman–Crippen LogP) is 4.07. The van der Waals surface area contributed by atoms with E-state index >= 15 is 0 Å². The highest BCUT2D eigenvalue weighted by Gasteiger charge is 2.34. The molecule has 11 heteroatoms. The van der Waals surface area contributed by atoms with Gasteiger partial charge < -0.3 is 15.4 Å². The lowest BCUT2D eigenvalue weighted by atomic mass is 10.1. The fourth-order valence-corrected chi connectivity index (χ4v) is 2.92. The molecule has 2 heterocycles. The van der Waals surface area contributed by atoms with E-state index in [0.29, 0.717) is 11.0 Å². The summed E-state index contributed by atoms with van der Waals surface area (Å²) >= 11 is 1.15. The molecule has 0 aliphatic carbocycles. The lowest BCUT2D eigenvalue weighted by Crippen LogP contribution is -2.13. The largest absolute Gasteiger partial charge is 0.416 e. The van der Waals surface area contributed by atoms with Crippen LogP contribution in [0.2, 0.25) is 0 Å². The number of halogens is 4. The Morgan fingerprint density at radius 2 is 2.12 bits per heavy atom. The molecule has 1 N–H and O–H groups in total. The minimum atomic E-state index is -4.74. The Morgan fingerprint density at radius 3 is 2.79 bits per heavy atom. The maximum atomic E-state index is 13.1. The van der Waals surface area contributed by atoms with Gasteiger partial charge in [-0.05, 0) is 22.6 Å². The van der Waals surface area contributed by atoms with E-state index in [1.54, 1.807) is 5.38 Å². The average Bonchev–Trinajstić information content (AvgIpc) is 3.04. The summed E-state index contributed by atoms with van der Waals surface area (Å²) < 4.78 is 53.2. The molecule has 0 radical (unpaired) electrons. The van der Waals surface area contributed by atoms with E-state index in [4.69, 9.17) is 0 Å². The van der Waals surface area contributed by atoms with Gasteiger partial charge in [-0.25, -0.2) is 4.39 Å². The summed E-state index contributed by atoms with van der Waals surface area (Å²) in [4.78, 5) is 14.8. The summed E-state index contributed by atoms with van der Waals surface area (Å²) in [5.41, 5.74) is -1.38. The van der Waals surface area contributed by atoms with Crippen LogP contribution in [0, 0.1) is 15.9 Å². The summed E-state index contributed by atoms with van der Waals surface area (Å²) in [6, 6.07) is 2.26. The van der Waals surface area contributed by atoms with Crippen LogP contribution in [0.4, 0.5) is 29.2 Å². The standard InChI is InChI=1S/C13H8F4N4O2S/c14-8-2-1-7(9(5-8)13(15,16)17)6-18-10-11(21(22)23)20-3-4-24-12(20)19-10/h1-5,18H,6H2. The molecule has 2 aromatic heterocycles. The SMILES string of the molecule is O=[N+]([O-])c1c(NCc2ccc(F)cc2C(F)(F)F)nc2sccn12. The van der Waals surface area contributed by atoms with E-state index in [1.165, 1.54) is 10.6 Å². The van der Waals surface area contributed by atoms with Gasteiger partial charge in [-0.15, -0.1) is 0 Å². The zero-order chi connectivity index (χ0) is 17.5. The number of nitro groups is 1. The molecule has 1 aromatic carbocycles. The zero-order valence-corrected chi connectivity index (χ0v) is 12.5. The highest BCUT2D eigenvalue weighted by Crippen LogP contribution is 2.34. The van der Waals surface area contributed by atoms with Crippen LogP contribution < -0.4 is 5.32 Å². The van der Waals surface area contributed by atoms with Crippen LogP contribution in [0.5, 0.6) is 0 Å². The number of fused-ring (bicyclic) bond motifs is 1. The van der Waals surface area contributed by atoms with Gasteiger partial charge in [-0.1, -0.05) is 17.4 Å². The van der Waals surface area contributed by atoms with Gasteiger partial charge >= 0.3 is 12.0 Å². The average molecular weight is 360 g/mol. The monoisotopic (exact) mass is 360 g/mol. The minimum Gasteiger partial charge on any atom is -0.359 e. The molecule has 3 aromatic rings. The third kappa shape index (κ3) is 2.89. The number of thiazole rings is 1. The number of nitrogens with one attached hydrogen (secondary N) is 1. The first-order chi connectivity index (χ1) is 11.3. The molecule has 0 fully saturated rings. The van der Waals surface area contributed by atoms with E-state index in [0.717, 1.165) is 23.5 Å². The normalized spacial score (nSPS) is 11.8. The van der Waals surface area contributed by atoms with Crippen LogP contribution in [-0.4, -0.2) is 14.3 Å². The first kappa shape index (κ1) is 16.2. The summed E-state index contributed by atoms with van der Waals surface area (Å²) in [6.45, 7) is -0.388. The number of nitrogens with zero attached hydrogens (tertiary/aromatic N) is 3. The smallest absolute Gasteiger partial charge is 0.359 e. The summed E-state index contributed by atoms with van der Waals surface area (Å²) in [5, 5.41) is 15.3. The van der Waals surface area contributed by atoms with Gasteiger partial charge in [-0.2, -0.15) is 22.6 Å². The number of alkyl halides is 3. The molecule has 126 valence electrons. The Balaban J connectivity index is 1.93. The minimum absolute atomic E-state index is 0.149. The number of imidazole rings is 1. The zero-order valence-electron chi connectivity index (χ0n) is 11.7. The van der Waals surface area contributed by atoms with Crippen molar-refractivity contribution < 1.29 is 22.5 Å². The number of hydrogen-bond donors (Lipinski definition) is 1. The second-order valence-corrected chi connectivity index (χ2v) is 5.62. The maximum Gasteiger partial charge on any atom is 0.416 e. The Kier molecular flexibility index (Phi) is 3.87. The molecule has 6 nitrogen and oxygen atoms in total. The molecule has 0 aliphatic heterocycles. The van der Waals surface area contributed by atoms with Crippen LogP contribution >= 0.6 is 11.3 Å². The fraction of sp³-hybridized carbons (Fsp3) is 0.154. The van der Waals surface area contributed by atoms with Crippen molar-refractivity contribution in [3.63, 3.8) is 0 Å². The van der Waals surface area contributed by atoms with Gasteiger partial charge in [0.05, 0.1) is 5.56 Å². The van der Waals surface area contributed by atoms with Gasteiger partial charge in [0.15, 0.2) is 0 Å². The number of benzene rings is 1. The molecule has 3 rings (SSSR count). The molecule has 0 bridgehead atoms. The van der Waals surface area contributed by atoms with Gasteiger partial charge in [-0.3, -0.25) is 0 Å². The van der Waals surface area contributed by atoms with Crippen molar-refractivity contribution in [2.45, 2.75) is 12.7 Å². The van der Waals surface area contributed by atoms with Crippen molar-refractivity contribution in [3.8, 4) is 0 Å². The lowest BCUT2D eigenvalue weighted by Gasteiger charge is -2.13. The van der Waals surface area contributed by atoms with Crippen LogP contribution in [0.25, 0.3) is 4.96 Å². The fourth-order valence-electron chi connectivity index (χ4n) is 2.21.